The van der Waals surface area contributed by atoms with Crippen LogP contribution in [0.25, 0.3) is 11.1 Å². The van der Waals surface area contributed by atoms with Crippen molar-refractivity contribution < 1.29 is 4.79 Å². The van der Waals surface area contributed by atoms with Gasteiger partial charge >= 0.3 is 0 Å². The van der Waals surface area contributed by atoms with E-state index in [-0.39, 0.29) is 0 Å². The lowest BCUT2D eigenvalue weighted by Crippen LogP contribution is -2.53. The van der Waals surface area contributed by atoms with Gasteiger partial charge in [-0.15, -0.1) is 0 Å². The average Bonchev–Trinajstić information content (AvgIpc) is 3.05. The minimum atomic E-state index is 0.291. The van der Waals surface area contributed by atoms with Gasteiger partial charge in [0, 0.05) is 63.3 Å². The number of unbranched alkanes of at least 4 members (excludes halogenated alkanes) is 1. The van der Waals surface area contributed by atoms with Crippen LogP contribution in [0.5, 0.6) is 0 Å². The topological polar surface area (TPSA) is 52.6 Å². The molecule has 0 radical (unpaired) electrons. The zero-order valence-electron chi connectivity index (χ0n) is 19.7. The summed E-state index contributed by atoms with van der Waals surface area (Å²) in [6, 6.07) is 7.31. The van der Waals surface area contributed by atoms with Crippen LogP contribution >= 0.6 is 0 Å². The van der Waals surface area contributed by atoms with Crippen molar-refractivity contribution in [3.8, 4) is 11.1 Å². The van der Waals surface area contributed by atoms with Gasteiger partial charge in [0.05, 0.1) is 6.54 Å². The van der Waals surface area contributed by atoms with Gasteiger partial charge in [0.25, 0.3) is 0 Å². The second-order valence-electron chi connectivity index (χ2n) is 9.29. The number of hydrogen-bond acceptors (Lipinski definition) is 5. The van der Waals surface area contributed by atoms with E-state index in [0.717, 1.165) is 57.7 Å². The summed E-state index contributed by atoms with van der Waals surface area (Å²) in [5.74, 6) is 0.291. The summed E-state index contributed by atoms with van der Waals surface area (Å²) >= 11 is 0. The third kappa shape index (κ3) is 5.73. The lowest BCUT2D eigenvalue weighted by molar-refractivity contribution is -0.134. The summed E-state index contributed by atoms with van der Waals surface area (Å²) in [6.45, 7) is 10.8. The van der Waals surface area contributed by atoms with Crippen LogP contribution in [0.15, 0.2) is 36.9 Å². The summed E-state index contributed by atoms with van der Waals surface area (Å²) in [4.78, 5) is 28.2. The van der Waals surface area contributed by atoms with Crippen LogP contribution in [0.1, 0.15) is 44.2 Å². The van der Waals surface area contributed by atoms with Crippen molar-refractivity contribution in [1.29, 1.82) is 0 Å². The van der Waals surface area contributed by atoms with E-state index in [1.165, 1.54) is 36.0 Å². The second-order valence-corrected chi connectivity index (χ2v) is 9.29. The van der Waals surface area contributed by atoms with E-state index in [9.17, 15) is 4.79 Å². The third-order valence-corrected chi connectivity index (χ3v) is 7.12. The Morgan fingerprint density at radius 1 is 0.969 bits per heavy atom. The van der Waals surface area contributed by atoms with Gasteiger partial charge in [-0.05, 0) is 42.9 Å². The number of piperazine rings is 1. The molecule has 172 valence electrons. The molecule has 1 amide bonds. The highest BCUT2D eigenvalue weighted by molar-refractivity contribution is 5.78. The molecule has 1 unspecified atom stereocenters. The summed E-state index contributed by atoms with van der Waals surface area (Å²) in [6.07, 6.45) is 11.1. The van der Waals surface area contributed by atoms with Crippen LogP contribution < -0.4 is 0 Å². The van der Waals surface area contributed by atoms with Crippen LogP contribution in [0, 0.1) is 0 Å². The van der Waals surface area contributed by atoms with Gasteiger partial charge in [0.15, 0.2) is 0 Å². The molecule has 0 saturated carbocycles. The largest absolute Gasteiger partial charge is 0.339 e. The summed E-state index contributed by atoms with van der Waals surface area (Å²) in [7, 11) is 0. The maximum Gasteiger partial charge on any atom is 0.236 e. The van der Waals surface area contributed by atoms with Gasteiger partial charge in [-0.1, -0.05) is 38.0 Å². The van der Waals surface area contributed by atoms with Crippen LogP contribution in [0.3, 0.4) is 0 Å². The molecule has 2 aromatic rings. The zero-order chi connectivity index (χ0) is 22.3. The van der Waals surface area contributed by atoms with Crippen molar-refractivity contribution >= 4 is 5.91 Å². The quantitative estimate of drug-likeness (QED) is 0.668. The molecule has 0 bridgehead atoms. The second kappa shape index (κ2) is 11.0. The molecule has 1 fully saturated rings. The number of hydrogen-bond donors (Lipinski definition) is 0. The minimum absolute atomic E-state index is 0.291. The van der Waals surface area contributed by atoms with Crippen molar-refractivity contribution in [2.45, 2.75) is 52.0 Å². The Morgan fingerprint density at radius 2 is 1.69 bits per heavy atom. The number of fused-ring (bicyclic) bond motifs is 1. The van der Waals surface area contributed by atoms with Crippen LogP contribution in [-0.2, 0) is 17.6 Å². The lowest BCUT2D eigenvalue weighted by atomic mass is 9.98. The Morgan fingerprint density at radius 3 is 2.41 bits per heavy atom. The van der Waals surface area contributed by atoms with Gasteiger partial charge < -0.3 is 4.90 Å². The lowest BCUT2D eigenvalue weighted by Gasteiger charge is -2.38. The number of carbonyl (C=O) groups is 1. The van der Waals surface area contributed by atoms with Crippen LogP contribution in [-0.4, -0.2) is 82.4 Å². The molecular weight excluding hydrogens is 398 g/mol. The fraction of sp³-hybridized carbons (Fsp3) is 0.577. The highest BCUT2D eigenvalue weighted by atomic mass is 16.2. The minimum Gasteiger partial charge on any atom is -0.339 e. The number of carbonyl (C=O) groups excluding carboxylic acids is 1. The standard InChI is InChI=1S/C26H37N5O/c1-3-4-5-21(2)30-12-14-31(15-13-30)26(32)19-29-10-8-22-6-7-23(16-24(22)9-11-29)25-17-27-20-28-18-25/h6-7,16-18,20-21H,3-5,8-15,19H2,1-2H3. The number of benzene rings is 1. The molecule has 6 heteroatoms. The first-order valence-electron chi connectivity index (χ1n) is 12.3. The van der Waals surface area contributed by atoms with E-state index in [1.54, 1.807) is 6.33 Å². The average molecular weight is 436 g/mol. The predicted molar refractivity (Wildman–Crippen MR) is 128 cm³/mol. The molecule has 3 heterocycles. The first-order chi connectivity index (χ1) is 15.6. The third-order valence-electron chi connectivity index (χ3n) is 7.12. The smallest absolute Gasteiger partial charge is 0.236 e. The molecule has 1 aromatic heterocycles. The van der Waals surface area contributed by atoms with E-state index in [1.807, 2.05) is 12.4 Å². The van der Waals surface area contributed by atoms with E-state index in [2.05, 4.69) is 56.7 Å². The van der Waals surface area contributed by atoms with Crippen molar-refractivity contribution in [2.24, 2.45) is 0 Å². The molecule has 0 N–H and O–H groups in total. The molecule has 1 saturated heterocycles. The van der Waals surface area contributed by atoms with Gasteiger partial charge in [-0.25, -0.2) is 9.97 Å². The van der Waals surface area contributed by atoms with E-state index < -0.39 is 0 Å². The van der Waals surface area contributed by atoms with Crippen molar-refractivity contribution in [3.05, 3.63) is 48.0 Å². The Balaban J connectivity index is 1.28. The van der Waals surface area contributed by atoms with Gasteiger partial charge in [0.2, 0.25) is 5.91 Å². The molecule has 1 aromatic carbocycles. The van der Waals surface area contributed by atoms with E-state index in [4.69, 9.17) is 0 Å². The molecular formula is C26H37N5O. The molecule has 1 atom stereocenters. The molecule has 0 aliphatic carbocycles. The maximum absolute atomic E-state index is 13.0. The number of nitrogens with zero attached hydrogens (tertiary/aromatic N) is 5. The van der Waals surface area contributed by atoms with Gasteiger partial charge in [-0.3, -0.25) is 14.6 Å². The SMILES string of the molecule is CCCCC(C)N1CCN(C(=O)CN2CCc3ccc(-c4cncnc4)cc3CC2)CC1. The Hall–Kier alpha value is -2.31. The number of amides is 1. The summed E-state index contributed by atoms with van der Waals surface area (Å²) in [5, 5.41) is 0. The maximum atomic E-state index is 13.0. The molecule has 4 rings (SSSR count). The van der Waals surface area contributed by atoms with Crippen molar-refractivity contribution in [1.82, 2.24) is 24.7 Å². The van der Waals surface area contributed by atoms with Crippen LogP contribution in [0.2, 0.25) is 0 Å². The van der Waals surface area contributed by atoms with Crippen molar-refractivity contribution in [2.75, 3.05) is 45.8 Å². The molecule has 2 aliphatic heterocycles. The molecule has 6 nitrogen and oxygen atoms in total. The molecule has 0 spiro atoms. The number of aromatic nitrogens is 2. The van der Waals surface area contributed by atoms with Crippen LogP contribution in [0.4, 0.5) is 0 Å². The van der Waals surface area contributed by atoms with Gasteiger partial charge in [-0.2, -0.15) is 0 Å². The fourth-order valence-electron chi connectivity index (χ4n) is 4.94. The van der Waals surface area contributed by atoms with E-state index >= 15 is 0 Å². The Kier molecular flexibility index (Phi) is 7.87. The molecule has 2 aliphatic rings. The van der Waals surface area contributed by atoms with E-state index in [0.29, 0.717) is 18.5 Å². The highest BCUT2D eigenvalue weighted by Crippen LogP contribution is 2.24. The first-order valence-corrected chi connectivity index (χ1v) is 12.3. The van der Waals surface area contributed by atoms with Crippen molar-refractivity contribution in [3.63, 3.8) is 0 Å². The normalized spacial score (nSPS) is 18.8. The monoisotopic (exact) mass is 435 g/mol. The number of rotatable bonds is 7. The highest BCUT2D eigenvalue weighted by Gasteiger charge is 2.25. The predicted octanol–water partition coefficient (Wildman–Crippen LogP) is 3.27. The summed E-state index contributed by atoms with van der Waals surface area (Å²) < 4.78 is 0. The molecule has 32 heavy (non-hydrogen) atoms. The van der Waals surface area contributed by atoms with Gasteiger partial charge in [0.1, 0.15) is 6.33 Å². The Bertz CT molecular complexity index is 879. The first kappa shape index (κ1) is 22.9. The Labute approximate surface area is 192 Å². The zero-order valence-corrected chi connectivity index (χ0v) is 19.7. The fourth-order valence-corrected chi connectivity index (χ4v) is 4.94. The summed E-state index contributed by atoms with van der Waals surface area (Å²) in [5.41, 5.74) is 5.00.